The molecule has 158 valence electrons. The Morgan fingerprint density at radius 3 is 2.32 bits per heavy atom. The van der Waals surface area contributed by atoms with E-state index < -0.39 is 5.91 Å². The summed E-state index contributed by atoms with van der Waals surface area (Å²) in [4.78, 5) is 37.6. The minimum absolute atomic E-state index is 0.188. The fraction of sp³-hybridized carbons (Fsp3) is 0.136. The quantitative estimate of drug-likeness (QED) is 0.494. The van der Waals surface area contributed by atoms with Crippen LogP contribution in [0.5, 0.6) is 0 Å². The van der Waals surface area contributed by atoms with Gasteiger partial charge in [0.05, 0.1) is 27.0 Å². The molecule has 9 heteroatoms. The van der Waals surface area contributed by atoms with E-state index >= 15 is 0 Å². The number of amides is 2. The maximum atomic E-state index is 12.9. The number of anilines is 1. The number of halogens is 3. The van der Waals surface area contributed by atoms with Gasteiger partial charge in [-0.15, -0.1) is 0 Å². The van der Waals surface area contributed by atoms with E-state index in [-0.39, 0.29) is 33.1 Å². The van der Waals surface area contributed by atoms with E-state index in [2.05, 4.69) is 26.6 Å². The number of carbonyl (C=O) groups is 2. The lowest BCUT2D eigenvalue weighted by atomic mass is 10.1. The lowest BCUT2D eigenvalue weighted by Crippen LogP contribution is -2.25. The van der Waals surface area contributed by atoms with Crippen LogP contribution in [-0.4, -0.2) is 22.4 Å². The molecule has 3 aromatic rings. The molecule has 1 heterocycles. The lowest BCUT2D eigenvalue weighted by molar-refractivity contribution is 0.0949. The molecule has 1 aliphatic rings. The minimum Gasteiger partial charge on any atom is -0.349 e. The number of nitrogens with one attached hydrogen (secondary N) is 2. The van der Waals surface area contributed by atoms with Gasteiger partial charge in [-0.1, -0.05) is 29.3 Å². The highest BCUT2D eigenvalue weighted by atomic mass is 79.9. The summed E-state index contributed by atoms with van der Waals surface area (Å²) >= 11 is 15.8. The zero-order chi connectivity index (χ0) is 22.1. The second-order valence-electron chi connectivity index (χ2n) is 7.09. The third kappa shape index (κ3) is 4.84. The molecule has 0 atom stereocenters. The second kappa shape index (κ2) is 8.86. The molecule has 4 rings (SSSR count). The van der Waals surface area contributed by atoms with Crippen LogP contribution >= 0.6 is 39.1 Å². The van der Waals surface area contributed by atoms with Crippen LogP contribution in [0.2, 0.25) is 10.0 Å². The average Bonchev–Trinajstić information content (AvgIpc) is 3.54. The summed E-state index contributed by atoms with van der Waals surface area (Å²) in [5.74, 6) is -0.648. The van der Waals surface area contributed by atoms with E-state index in [1.165, 1.54) is 22.9 Å². The zero-order valence-corrected chi connectivity index (χ0v) is 19.1. The molecule has 1 saturated carbocycles. The number of rotatable bonds is 5. The Labute approximate surface area is 196 Å². The van der Waals surface area contributed by atoms with Gasteiger partial charge in [-0.3, -0.25) is 19.0 Å². The Kier molecular flexibility index (Phi) is 6.18. The number of nitrogens with zero attached hydrogens (tertiary/aromatic N) is 1. The van der Waals surface area contributed by atoms with Gasteiger partial charge in [-0.2, -0.15) is 0 Å². The van der Waals surface area contributed by atoms with Gasteiger partial charge in [0.2, 0.25) is 0 Å². The van der Waals surface area contributed by atoms with Gasteiger partial charge >= 0.3 is 0 Å². The molecule has 1 fully saturated rings. The van der Waals surface area contributed by atoms with E-state index in [1.54, 1.807) is 36.4 Å². The summed E-state index contributed by atoms with van der Waals surface area (Å²) < 4.78 is 1.85. The van der Waals surface area contributed by atoms with Crippen molar-refractivity contribution in [2.24, 2.45) is 0 Å². The first-order valence-electron chi connectivity index (χ1n) is 9.42. The standard InChI is InChI=1S/C22H16BrCl2N3O3/c23-15-8-4-12(21(30)26-14-6-7-14)10-18(15)27-22(31)13-5-9-19(29)28(11-13)20-16(24)2-1-3-17(20)25/h1-5,8-11,14H,6-7H2,(H,26,30)(H,27,31). The van der Waals surface area contributed by atoms with E-state index in [0.29, 0.717) is 21.4 Å². The van der Waals surface area contributed by atoms with Crippen molar-refractivity contribution in [2.45, 2.75) is 18.9 Å². The predicted molar refractivity (Wildman–Crippen MR) is 125 cm³/mol. The third-order valence-corrected chi connectivity index (χ3v) is 6.04. The number of pyridine rings is 1. The molecular formula is C22H16BrCl2N3O3. The molecule has 0 spiro atoms. The molecule has 0 bridgehead atoms. The monoisotopic (exact) mass is 519 g/mol. The maximum absolute atomic E-state index is 12.9. The van der Waals surface area contributed by atoms with Crippen molar-refractivity contribution in [1.82, 2.24) is 9.88 Å². The molecule has 2 amide bonds. The molecule has 2 aromatic carbocycles. The van der Waals surface area contributed by atoms with Gasteiger partial charge in [0.25, 0.3) is 17.4 Å². The van der Waals surface area contributed by atoms with Crippen LogP contribution in [0.1, 0.15) is 33.6 Å². The van der Waals surface area contributed by atoms with Crippen molar-refractivity contribution in [3.05, 3.63) is 90.7 Å². The normalized spacial score (nSPS) is 13.0. The summed E-state index contributed by atoms with van der Waals surface area (Å²) in [6.45, 7) is 0. The number of carbonyl (C=O) groups excluding carboxylic acids is 2. The predicted octanol–water partition coefficient (Wildman–Crippen LogP) is 5.05. The smallest absolute Gasteiger partial charge is 0.257 e. The van der Waals surface area contributed by atoms with Gasteiger partial charge in [0.15, 0.2) is 0 Å². The van der Waals surface area contributed by atoms with E-state index in [1.807, 2.05) is 0 Å². The third-order valence-electron chi connectivity index (χ3n) is 4.74. The molecular weight excluding hydrogens is 505 g/mol. The average molecular weight is 521 g/mol. The summed E-state index contributed by atoms with van der Waals surface area (Å²) in [5.41, 5.74) is 1.01. The van der Waals surface area contributed by atoms with E-state index in [0.717, 1.165) is 12.8 Å². The Bertz CT molecular complexity index is 1230. The van der Waals surface area contributed by atoms with Crippen LogP contribution in [0.15, 0.2) is 64.0 Å². The molecule has 31 heavy (non-hydrogen) atoms. The van der Waals surface area contributed by atoms with Crippen molar-refractivity contribution in [2.75, 3.05) is 5.32 Å². The molecule has 1 aromatic heterocycles. The van der Waals surface area contributed by atoms with E-state index in [9.17, 15) is 14.4 Å². The maximum Gasteiger partial charge on any atom is 0.257 e. The molecule has 0 saturated heterocycles. The van der Waals surface area contributed by atoms with E-state index in [4.69, 9.17) is 23.2 Å². The van der Waals surface area contributed by atoms with Crippen molar-refractivity contribution in [1.29, 1.82) is 0 Å². The summed E-state index contributed by atoms with van der Waals surface area (Å²) in [7, 11) is 0. The Morgan fingerprint density at radius 1 is 0.968 bits per heavy atom. The van der Waals surface area contributed by atoms with Crippen LogP contribution in [0.4, 0.5) is 5.69 Å². The SMILES string of the molecule is O=C(Nc1cc(C(=O)NC2CC2)ccc1Br)c1ccc(=O)n(-c2c(Cl)cccc2Cl)c1. The van der Waals surface area contributed by atoms with Gasteiger partial charge < -0.3 is 10.6 Å². The minimum atomic E-state index is -0.461. The fourth-order valence-electron chi connectivity index (χ4n) is 2.97. The Hall–Kier alpha value is -2.61. The fourth-order valence-corrected chi connectivity index (χ4v) is 3.89. The van der Waals surface area contributed by atoms with Crippen LogP contribution in [0.3, 0.4) is 0 Å². The summed E-state index contributed by atoms with van der Waals surface area (Å²) in [6.07, 6.45) is 3.34. The largest absolute Gasteiger partial charge is 0.349 e. The van der Waals surface area contributed by atoms with Gasteiger partial charge in [0, 0.05) is 28.3 Å². The summed E-state index contributed by atoms with van der Waals surface area (Å²) in [5, 5.41) is 6.25. The van der Waals surface area contributed by atoms with Gasteiger partial charge in [-0.05, 0) is 65.2 Å². The molecule has 1 aliphatic carbocycles. The van der Waals surface area contributed by atoms with Crippen LogP contribution < -0.4 is 16.2 Å². The first-order chi connectivity index (χ1) is 14.8. The molecule has 0 unspecified atom stereocenters. The highest BCUT2D eigenvalue weighted by Crippen LogP contribution is 2.28. The zero-order valence-electron chi connectivity index (χ0n) is 16.0. The molecule has 2 N–H and O–H groups in total. The molecule has 0 radical (unpaired) electrons. The Morgan fingerprint density at radius 2 is 1.65 bits per heavy atom. The van der Waals surface area contributed by atoms with Crippen molar-refractivity contribution < 1.29 is 9.59 Å². The number of benzene rings is 2. The highest BCUT2D eigenvalue weighted by molar-refractivity contribution is 9.10. The van der Waals surface area contributed by atoms with Crippen molar-refractivity contribution >= 4 is 56.6 Å². The van der Waals surface area contributed by atoms with Crippen molar-refractivity contribution in [3.63, 3.8) is 0 Å². The lowest BCUT2D eigenvalue weighted by Gasteiger charge is -2.13. The number of hydrogen-bond acceptors (Lipinski definition) is 3. The number of hydrogen-bond donors (Lipinski definition) is 2. The first-order valence-corrected chi connectivity index (χ1v) is 11.0. The van der Waals surface area contributed by atoms with Crippen LogP contribution in [0, 0.1) is 0 Å². The van der Waals surface area contributed by atoms with Gasteiger partial charge in [-0.25, -0.2) is 0 Å². The molecule has 6 nitrogen and oxygen atoms in total. The van der Waals surface area contributed by atoms with Crippen molar-refractivity contribution in [3.8, 4) is 5.69 Å². The van der Waals surface area contributed by atoms with Crippen LogP contribution in [0.25, 0.3) is 5.69 Å². The topological polar surface area (TPSA) is 80.2 Å². The number of aromatic nitrogens is 1. The summed E-state index contributed by atoms with van der Waals surface area (Å²) in [6, 6.07) is 12.8. The molecule has 0 aliphatic heterocycles. The van der Waals surface area contributed by atoms with Crippen LogP contribution in [-0.2, 0) is 0 Å². The Balaban J connectivity index is 1.62. The van der Waals surface area contributed by atoms with Gasteiger partial charge in [0.1, 0.15) is 0 Å². The second-order valence-corrected chi connectivity index (χ2v) is 8.76. The highest BCUT2D eigenvalue weighted by Gasteiger charge is 2.24. The number of para-hydroxylation sites is 1. The first kappa shape index (κ1) is 21.6.